The van der Waals surface area contributed by atoms with E-state index in [2.05, 4.69) is 12.2 Å². The summed E-state index contributed by atoms with van der Waals surface area (Å²) in [6.45, 7) is 2.11. The second kappa shape index (κ2) is 7.78. The Bertz CT molecular complexity index is 563. The number of hydrogen-bond acceptors (Lipinski definition) is 3. The van der Waals surface area contributed by atoms with Gasteiger partial charge >= 0.3 is 0 Å². The number of aliphatic hydroxyl groups excluding tert-OH is 1. The topological polar surface area (TPSA) is 66.4 Å². The van der Waals surface area contributed by atoms with Gasteiger partial charge in [-0.05, 0) is 18.4 Å². The molecule has 22 heavy (non-hydrogen) atoms. The Balaban J connectivity index is 2.00. The number of aliphatic hydroxyl groups is 1. The summed E-state index contributed by atoms with van der Waals surface area (Å²) in [5.41, 5.74) is 0.966. The van der Waals surface area contributed by atoms with Crippen LogP contribution in [-0.4, -0.2) is 22.8 Å². The van der Waals surface area contributed by atoms with E-state index in [1.807, 2.05) is 30.3 Å². The Morgan fingerprint density at radius 2 is 1.91 bits per heavy atom. The molecule has 0 aliphatic carbocycles. The van der Waals surface area contributed by atoms with E-state index in [4.69, 9.17) is 0 Å². The molecule has 0 bridgehead atoms. The number of Topliss-reactive ketones (excluding diaryl/α,β-unsaturated/α-hetero) is 1. The van der Waals surface area contributed by atoms with Crippen molar-refractivity contribution in [2.24, 2.45) is 0 Å². The molecule has 1 aliphatic rings. The fraction of sp³-hybridized carbons (Fsp3) is 0.444. The second-order valence-corrected chi connectivity index (χ2v) is 5.71. The molecule has 0 saturated heterocycles. The normalized spacial score (nSPS) is 17.7. The van der Waals surface area contributed by atoms with Crippen LogP contribution in [0.15, 0.2) is 41.7 Å². The third-order valence-electron chi connectivity index (χ3n) is 3.94. The molecule has 0 aromatic heterocycles. The summed E-state index contributed by atoms with van der Waals surface area (Å²) in [4.78, 5) is 24.1. The van der Waals surface area contributed by atoms with E-state index in [0.29, 0.717) is 12.8 Å². The number of unbranched alkanes of at least 4 members (excludes halogenated alkanes) is 3. The molecular formula is C18H23NO3. The van der Waals surface area contributed by atoms with Crippen LogP contribution >= 0.6 is 0 Å². The lowest BCUT2D eigenvalue weighted by molar-refractivity contribution is -0.122. The first-order valence-electron chi connectivity index (χ1n) is 7.94. The Kier molecular flexibility index (Phi) is 5.75. The maximum Gasteiger partial charge on any atom is 0.259 e. The van der Waals surface area contributed by atoms with Crippen LogP contribution in [0.25, 0.3) is 0 Å². The fourth-order valence-corrected chi connectivity index (χ4v) is 2.69. The van der Waals surface area contributed by atoms with Gasteiger partial charge in [-0.1, -0.05) is 56.5 Å². The van der Waals surface area contributed by atoms with Crippen LogP contribution < -0.4 is 5.32 Å². The minimum Gasteiger partial charge on any atom is -0.509 e. The van der Waals surface area contributed by atoms with Crippen LogP contribution in [0.5, 0.6) is 0 Å². The van der Waals surface area contributed by atoms with Crippen LogP contribution in [0.1, 0.15) is 44.6 Å². The lowest BCUT2D eigenvalue weighted by atomic mass is 10.0. The van der Waals surface area contributed by atoms with E-state index in [1.54, 1.807) is 0 Å². The monoisotopic (exact) mass is 301 g/mol. The molecule has 1 aromatic rings. The molecule has 1 heterocycles. The summed E-state index contributed by atoms with van der Waals surface area (Å²) in [7, 11) is 0. The van der Waals surface area contributed by atoms with Crippen LogP contribution in [0.4, 0.5) is 0 Å². The highest BCUT2D eigenvalue weighted by Gasteiger charge is 2.35. The highest BCUT2D eigenvalue weighted by atomic mass is 16.3. The number of hydrogen-bond donors (Lipinski definition) is 2. The Hall–Kier alpha value is -2.10. The largest absolute Gasteiger partial charge is 0.509 e. The average Bonchev–Trinajstić information content (AvgIpc) is 2.79. The van der Waals surface area contributed by atoms with Gasteiger partial charge in [0.25, 0.3) is 5.91 Å². The van der Waals surface area contributed by atoms with Crippen molar-refractivity contribution >= 4 is 11.7 Å². The van der Waals surface area contributed by atoms with Crippen molar-refractivity contribution in [3.63, 3.8) is 0 Å². The molecule has 0 spiro atoms. The SMILES string of the molecule is CCCCCCC(=O)C1=C(O)C(Cc2ccccc2)NC1=O. The molecule has 0 radical (unpaired) electrons. The van der Waals surface area contributed by atoms with Crippen molar-refractivity contribution in [3.05, 3.63) is 47.2 Å². The smallest absolute Gasteiger partial charge is 0.259 e. The average molecular weight is 301 g/mol. The number of carbonyl (C=O) groups is 2. The Labute approximate surface area is 131 Å². The van der Waals surface area contributed by atoms with E-state index < -0.39 is 11.9 Å². The van der Waals surface area contributed by atoms with Gasteiger partial charge in [0, 0.05) is 6.42 Å². The summed E-state index contributed by atoms with van der Waals surface area (Å²) in [6, 6.07) is 9.11. The first-order valence-corrected chi connectivity index (χ1v) is 7.94. The number of benzene rings is 1. The lowest BCUT2D eigenvalue weighted by Gasteiger charge is -2.10. The van der Waals surface area contributed by atoms with Gasteiger partial charge in [0.2, 0.25) is 0 Å². The molecule has 2 N–H and O–H groups in total. The van der Waals surface area contributed by atoms with Crippen molar-refractivity contribution in [1.82, 2.24) is 5.32 Å². The first kappa shape index (κ1) is 16.3. The molecule has 1 atom stereocenters. The predicted molar refractivity (Wildman–Crippen MR) is 85.5 cm³/mol. The standard InChI is InChI=1S/C18H23NO3/c1-2-3-4-8-11-15(20)16-17(21)14(19-18(16)22)12-13-9-6-5-7-10-13/h5-7,9-10,14,21H,2-4,8,11-12H2,1H3,(H,19,22). The lowest BCUT2D eigenvalue weighted by Crippen LogP contribution is -2.31. The highest BCUT2D eigenvalue weighted by molar-refractivity contribution is 6.21. The van der Waals surface area contributed by atoms with Crippen molar-refractivity contribution < 1.29 is 14.7 Å². The Morgan fingerprint density at radius 3 is 2.59 bits per heavy atom. The minimum absolute atomic E-state index is 0.0440. The van der Waals surface area contributed by atoms with Gasteiger partial charge in [-0.25, -0.2) is 0 Å². The van der Waals surface area contributed by atoms with E-state index >= 15 is 0 Å². The number of rotatable bonds is 8. The van der Waals surface area contributed by atoms with E-state index in [-0.39, 0.29) is 17.1 Å². The van der Waals surface area contributed by atoms with Gasteiger partial charge in [0.05, 0.1) is 6.04 Å². The molecule has 0 fully saturated rings. The molecule has 1 unspecified atom stereocenters. The van der Waals surface area contributed by atoms with Crippen molar-refractivity contribution in [3.8, 4) is 0 Å². The highest BCUT2D eigenvalue weighted by Crippen LogP contribution is 2.21. The van der Waals surface area contributed by atoms with Crippen molar-refractivity contribution in [2.75, 3.05) is 0 Å². The third kappa shape index (κ3) is 3.97. The molecule has 1 amide bonds. The molecule has 118 valence electrons. The van der Waals surface area contributed by atoms with Gasteiger partial charge in [0.15, 0.2) is 5.78 Å². The molecular weight excluding hydrogens is 278 g/mol. The van der Waals surface area contributed by atoms with Crippen LogP contribution in [0.2, 0.25) is 0 Å². The number of carbonyl (C=O) groups excluding carboxylic acids is 2. The molecule has 4 heteroatoms. The Morgan fingerprint density at radius 1 is 1.18 bits per heavy atom. The number of amides is 1. The molecule has 1 aliphatic heterocycles. The van der Waals surface area contributed by atoms with E-state index in [0.717, 1.165) is 31.2 Å². The maximum atomic E-state index is 12.1. The third-order valence-corrected chi connectivity index (χ3v) is 3.94. The molecule has 4 nitrogen and oxygen atoms in total. The minimum atomic E-state index is -0.496. The van der Waals surface area contributed by atoms with Gasteiger partial charge in [-0.15, -0.1) is 0 Å². The zero-order chi connectivity index (χ0) is 15.9. The summed E-state index contributed by atoms with van der Waals surface area (Å²) in [5, 5.41) is 12.9. The van der Waals surface area contributed by atoms with Gasteiger partial charge in [0.1, 0.15) is 11.3 Å². The fourth-order valence-electron chi connectivity index (χ4n) is 2.69. The van der Waals surface area contributed by atoms with Gasteiger partial charge in [-0.3, -0.25) is 9.59 Å². The van der Waals surface area contributed by atoms with Crippen LogP contribution in [0.3, 0.4) is 0 Å². The van der Waals surface area contributed by atoms with E-state index in [9.17, 15) is 14.7 Å². The number of ketones is 1. The van der Waals surface area contributed by atoms with Crippen molar-refractivity contribution in [2.45, 2.75) is 51.5 Å². The summed E-state index contributed by atoms with van der Waals surface area (Å²) >= 11 is 0. The van der Waals surface area contributed by atoms with Gasteiger partial charge in [-0.2, -0.15) is 0 Å². The quantitative estimate of drug-likeness (QED) is 0.573. The molecule has 1 aromatic carbocycles. The molecule has 0 saturated carbocycles. The van der Waals surface area contributed by atoms with Gasteiger partial charge < -0.3 is 10.4 Å². The maximum absolute atomic E-state index is 12.1. The van der Waals surface area contributed by atoms with Crippen molar-refractivity contribution in [1.29, 1.82) is 0 Å². The zero-order valence-corrected chi connectivity index (χ0v) is 13.0. The van der Waals surface area contributed by atoms with E-state index in [1.165, 1.54) is 0 Å². The predicted octanol–water partition coefficient (Wildman–Crippen LogP) is 3.08. The summed E-state index contributed by atoms with van der Waals surface area (Å²) in [5.74, 6) is -0.796. The summed E-state index contributed by atoms with van der Waals surface area (Å²) in [6.07, 6.45) is 4.74. The number of nitrogens with one attached hydrogen (secondary N) is 1. The first-order chi connectivity index (χ1) is 10.6. The molecule has 2 rings (SSSR count). The van der Waals surface area contributed by atoms with Crippen LogP contribution in [-0.2, 0) is 16.0 Å². The second-order valence-electron chi connectivity index (χ2n) is 5.71. The summed E-state index contributed by atoms with van der Waals surface area (Å²) < 4.78 is 0. The zero-order valence-electron chi connectivity index (χ0n) is 13.0. The van der Waals surface area contributed by atoms with Crippen LogP contribution in [0, 0.1) is 0 Å².